The van der Waals surface area contributed by atoms with E-state index < -0.39 is 11.6 Å². The first-order chi connectivity index (χ1) is 10.1. The maximum atomic E-state index is 13.5. The van der Waals surface area contributed by atoms with Gasteiger partial charge in [-0.05, 0) is 29.8 Å². The highest BCUT2D eigenvalue weighted by Crippen LogP contribution is 2.23. The number of aromatic nitrogens is 5. The van der Waals surface area contributed by atoms with Crippen LogP contribution in [-0.4, -0.2) is 24.7 Å². The van der Waals surface area contributed by atoms with Crippen molar-refractivity contribution in [3.63, 3.8) is 0 Å². The fraction of sp³-hybridized carbons (Fsp3) is 0. The molecule has 2 aromatic heterocycles. The zero-order chi connectivity index (χ0) is 14.8. The Balaban J connectivity index is 1.97. The van der Waals surface area contributed by atoms with Crippen LogP contribution in [0.25, 0.3) is 5.95 Å². The molecule has 0 spiro atoms. The number of benzene rings is 1. The monoisotopic (exact) mass is 309 g/mol. The third-order valence-corrected chi connectivity index (χ3v) is 2.55. The maximum Gasteiger partial charge on any atom is 0.328 e. The fourth-order valence-corrected chi connectivity index (χ4v) is 1.66. The van der Waals surface area contributed by atoms with Gasteiger partial charge in [0.2, 0.25) is 5.28 Å². The molecular weight excluding hydrogens is 304 g/mol. The second kappa shape index (κ2) is 5.41. The van der Waals surface area contributed by atoms with Gasteiger partial charge in [-0.3, -0.25) is 0 Å². The largest absolute Gasteiger partial charge is 0.421 e. The number of nitrogens with zero attached hydrogens (tertiary/aromatic N) is 5. The van der Waals surface area contributed by atoms with Gasteiger partial charge in [0.05, 0.1) is 0 Å². The molecule has 1 aromatic carbocycles. The van der Waals surface area contributed by atoms with Crippen LogP contribution in [0.1, 0.15) is 0 Å². The highest BCUT2D eigenvalue weighted by molar-refractivity contribution is 6.28. The SMILES string of the molecule is Fc1ccc(F)c(Oc2nc(Cl)nc(-n3cccn3)n2)c1. The van der Waals surface area contributed by atoms with Gasteiger partial charge >= 0.3 is 6.01 Å². The van der Waals surface area contributed by atoms with Crippen molar-refractivity contribution in [3.05, 3.63) is 53.6 Å². The van der Waals surface area contributed by atoms with E-state index in [0.717, 1.165) is 18.2 Å². The van der Waals surface area contributed by atoms with Crippen LogP contribution in [0.2, 0.25) is 5.28 Å². The van der Waals surface area contributed by atoms with E-state index in [2.05, 4.69) is 20.1 Å². The molecule has 0 saturated carbocycles. The zero-order valence-corrected chi connectivity index (χ0v) is 11.0. The van der Waals surface area contributed by atoms with Gasteiger partial charge in [0.25, 0.3) is 5.95 Å². The molecule has 106 valence electrons. The molecule has 0 radical (unpaired) electrons. The topological polar surface area (TPSA) is 65.7 Å². The first-order valence-electron chi connectivity index (χ1n) is 5.66. The molecule has 0 amide bonds. The second-order valence-electron chi connectivity index (χ2n) is 3.81. The van der Waals surface area contributed by atoms with Gasteiger partial charge in [-0.1, -0.05) is 0 Å². The minimum Gasteiger partial charge on any atom is -0.421 e. The van der Waals surface area contributed by atoms with E-state index in [1.165, 1.54) is 10.9 Å². The van der Waals surface area contributed by atoms with Crippen LogP contribution in [0.3, 0.4) is 0 Å². The number of hydrogen-bond donors (Lipinski definition) is 0. The summed E-state index contributed by atoms with van der Waals surface area (Å²) in [5.41, 5.74) is 0. The van der Waals surface area contributed by atoms with Gasteiger partial charge in [0.1, 0.15) is 5.82 Å². The Morgan fingerprint density at radius 3 is 2.76 bits per heavy atom. The average molecular weight is 310 g/mol. The minimum absolute atomic E-state index is 0.0896. The van der Waals surface area contributed by atoms with Gasteiger partial charge < -0.3 is 4.74 Å². The number of ether oxygens (including phenoxy) is 1. The molecule has 3 aromatic rings. The van der Waals surface area contributed by atoms with E-state index >= 15 is 0 Å². The smallest absolute Gasteiger partial charge is 0.328 e. The van der Waals surface area contributed by atoms with Gasteiger partial charge in [-0.2, -0.15) is 20.1 Å². The Kier molecular flexibility index (Phi) is 3.44. The molecule has 0 atom stereocenters. The van der Waals surface area contributed by atoms with Crippen molar-refractivity contribution < 1.29 is 13.5 Å². The Bertz CT molecular complexity index is 781. The molecule has 0 aliphatic heterocycles. The summed E-state index contributed by atoms with van der Waals surface area (Å²) in [4.78, 5) is 11.5. The molecule has 6 nitrogen and oxygen atoms in total. The predicted octanol–water partition coefficient (Wildman–Crippen LogP) is 2.78. The van der Waals surface area contributed by atoms with Crippen LogP contribution >= 0.6 is 11.6 Å². The average Bonchev–Trinajstić information content (AvgIpc) is 2.96. The van der Waals surface area contributed by atoms with E-state index in [9.17, 15) is 8.78 Å². The lowest BCUT2D eigenvalue weighted by atomic mass is 10.3. The molecule has 0 aliphatic carbocycles. The number of hydrogen-bond acceptors (Lipinski definition) is 5. The van der Waals surface area contributed by atoms with Crippen molar-refractivity contribution in [1.29, 1.82) is 0 Å². The maximum absolute atomic E-state index is 13.5. The van der Waals surface area contributed by atoms with E-state index in [4.69, 9.17) is 16.3 Å². The van der Waals surface area contributed by atoms with Crippen molar-refractivity contribution in [3.8, 4) is 17.7 Å². The molecule has 0 unspecified atom stereocenters. The van der Waals surface area contributed by atoms with Crippen LogP contribution in [-0.2, 0) is 0 Å². The Morgan fingerprint density at radius 1 is 1.14 bits per heavy atom. The first kappa shape index (κ1) is 13.4. The summed E-state index contributed by atoms with van der Waals surface area (Å²) in [6.45, 7) is 0. The summed E-state index contributed by atoms with van der Waals surface area (Å²) >= 11 is 5.75. The summed E-state index contributed by atoms with van der Waals surface area (Å²) in [6, 6.07) is 4.16. The van der Waals surface area contributed by atoms with Gasteiger partial charge in [0.15, 0.2) is 11.6 Å². The molecule has 9 heteroatoms. The normalized spacial score (nSPS) is 10.6. The van der Waals surface area contributed by atoms with E-state index in [1.807, 2.05) is 0 Å². The zero-order valence-electron chi connectivity index (χ0n) is 10.2. The van der Waals surface area contributed by atoms with Gasteiger partial charge in [0, 0.05) is 18.5 Å². The second-order valence-corrected chi connectivity index (χ2v) is 4.15. The van der Waals surface area contributed by atoms with Crippen LogP contribution < -0.4 is 4.74 Å². The highest BCUT2D eigenvalue weighted by Gasteiger charge is 2.12. The molecule has 0 fully saturated rings. The third kappa shape index (κ3) is 2.95. The lowest BCUT2D eigenvalue weighted by molar-refractivity contribution is 0.403. The van der Waals surface area contributed by atoms with Crippen molar-refractivity contribution in [2.75, 3.05) is 0 Å². The van der Waals surface area contributed by atoms with E-state index in [0.29, 0.717) is 0 Å². The summed E-state index contributed by atoms with van der Waals surface area (Å²) in [7, 11) is 0. The van der Waals surface area contributed by atoms with Crippen molar-refractivity contribution in [1.82, 2.24) is 24.7 Å². The standard InChI is InChI=1S/C12H6ClF2N5O/c13-10-17-11(20-5-1-4-16-20)19-12(18-10)21-9-6-7(14)2-3-8(9)15/h1-6H. The van der Waals surface area contributed by atoms with Crippen molar-refractivity contribution >= 4 is 11.6 Å². The Morgan fingerprint density at radius 2 is 2.00 bits per heavy atom. The lowest BCUT2D eigenvalue weighted by Gasteiger charge is -2.06. The Labute approximate surface area is 122 Å². The van der Waals surface area contributed by atoms with Crippen LogP contribution in [0.4, 0.5) is 8.78 Å². The number of halogens is 3. The first-order valence-corrected chi connectivity index (χ1v) is 6.04. The molecule has 21 heavy (non-hydrogen) atoms. The van der Waals surface area contributed by atoms with E-state index in [1.54, 1.807) is 12.3 Å². The van der Waals surface area contributed by atoms with Gasteiger partial charge in [-0.25, -0.2) is 13.5 Å². The summed E-state index contributed by atoms with van der Waals surface area (Å²) < 4.78 is 33.0. The lowest BCUT2D eigenvalue weighted by Crippen LogP contribution is -2.05. The minimum atomic E-state index is -0.756. The molecule has 0 aliphatic rings. The molecule has 2 heterocycles. The molecule has 3 rings (SSSR count). The predicted molar refractivity (Wildman–Crippen MR) is 68.4 cm³/mol. The van der Waals surface area contributed by atoms with Crippen LogP contribution in [0.5, 0.6) is 11.8 Å². The van der Waals surface area contributed by atoms with Crippen molar-refractivity contribution in [2.45, 2.75) is 0 Å². The van der Waals surface area contributed by atoms with Gasteiger partial charge in [-0.15, -0.1) is 0 Å². The third-order valence-electron chi connectivity index (χ3n) is 2.38. The number of rotatable bonds is 3. The van der Waals surface area contributed by atoms with Crippen molar-refractivity contribution in [2.24, 2.45) is 0 Å². The molecule has 0 saturated heterocycles. The summed E-state index contributed by atoms with van der Waals surface area (Å²) in [6.07, 6.45) is 3.10. The highest BCUT2D eigenvalue weighted by atomic mass is 35.5. The summed E-state index contributed by atoms with van der Waals surface area (Å²) in [5.74, 6) is -1.68. The quantitative estimate of drug-likeness (QED) is 0.744. The Hall–Kier alpha value is -2.61. The van der Waals surface area contributed by atoms with E-state index in [-0.39, 0.29) is 23.0 Å². The van der Waals surface area contributed by atoms with Crippen LogP contribution in [0, 0.1) is 11.6 Å². The molecule has 0 bridgehead atoms. The molecular formula is C12H6ClF2N5O. The fourth-order valence-electron chi connectivity index (χ4n) is 1.51. The van der Waals surface area contributed by atoms with Crippen LogP contribution in [0.15, 0.2) is 36.7 Å². The molecule has 0 N–H and O–H groups in total. The summed E-state index contributed by atoms with van der Waals surface area (Å²) in [5, 5.41) is 3.76.